The Bertz CT molecular complexity index is 692. The van der Waals surface area contributed by atoms with Gasteiger partial charge in [0.1, 0.15) is 0 Å². The van der Waals surface area contributed by atoms with Crippen molar-refractivity contribution >= 4 is 18.5 Å². The molecule has 2 aromatic rings. The summed E-state index contributed by atoms with van der Waals surface area (Å²) in [6.45, 7) is 2.09. The highest BCUT2D eigenvalue weighted by Crippen LogP contribution is 2.35. The molecule has 0 heterocycles. The lowest BCUT2D eigenvalue weighted by atomic mass is 9.90. The van der Waals surface area contributed by atoms with Crippen LogP contribution in [0.2, 0.25) is 0 Å². The molecule has 1 aliphatic rings. The Morgan fingerprint density at radius 3 is 2.04 bits per heavy atom. The lowest BCUT2D eigenvalue weighted by Crippen LogP contribution is -2.34. The van der Waals surface area contributed by atoms with Crippen LogP contribution in [0.5, 0.6) is 0 Å². The molecule has 0 fully saturated rings. The Labute approximate surface area is 159 Å². The van der Waals surface area contributed by atoms with E-state index in [1.807, 2.05) is 0 Å². The van der Waals surface area contributed by atoms with Gasteiger partial charge in [-0.1, -0.05) is 90.9 Å². The van der Waals surface area contributed by atoms with Crippen LogP contribution in [0.15, 0.2) is 84.5 Å². The average Bonchev–Trinajstić information content (AvgIpc) is 2.67. The molecular formula is C24H30NP. The minimum atomic E-state index is -0.240. The Balaban J connectivity index is 1.50. The van der Waals surface area contributed by atoms with Gasteiger partial charge in [-0.05, 0) is 57.3 Å². The lowest BCUT2D eigenvalue weighted by Gasteiger charge is -2.22. The summed E-state index contributed by atoms with van der Waals surface area (Å²) in [7, 11) is -0.240. The molecule has 2 N–H and O–H groups in total. The first-order valence-corrected chi connectivity index (χ1v) is 11.2. The van der Waals surface area contributed by atoms with Crippen molar-refractivity contribution in [2.75, 3.05) is 6.16 Å². The van der Waals surface area contributed by atoms with Crippen molar-refractivity contribution < 1.29 is 0 Å². The average molecular weight is 363 g/mol. The van der Waals surface area contributed by atoms with Gasteiger partial charge in [-0.15, -0.1) is 0 Å². The van der Waals surface area contributed by atoms with Crippen molar-refractivity contribution in [1.82, 2.24) is 0 Å². The molecule has 0 aromatic heterocycles. The summed E-state index contributed by atoms with van der Waals surface area (Å²) in [6.07, 6.45) is 14.0. The smallest absolute Gasteiger partial charge is 0.0348 e. The van der Waals surface area contributed by atoms with E-state index in [0.29, 0.717) is 0 Å². The van der Waals surface area contributed by atoms with Gasteiger partial charge in [-0.2, -0.15) is 0 Å². The van der Waals surface area contributed by atoms with Gasteiger partial charge in [0.25, 0.3) is 0 Å². The molecule has 2 aromatic carbocycles. The minimum absolute atomic E-state index is 0.148. The number of unbranched alkanes of at least 4 members (excludes halogenated alkanes) is 2. The Hall–Kier alpha value is -1.69. The highest BCUT2D eigenvalue weighted by molar-refractivity contribution is 7.73. The van der Waals surface area contributed by atoms with Gasteiger partial charge in [0.2, 0.25) is 0 Å². The molecule has 0 bridgehead atoms. The monoisotopic (exact) mass is 363 g/mol. The maximum absolute atomic E-state index is 6.13. The molecule has 1 atom stereocenters. The third-order valence-electron chi connectivity index (χ3n) is 4.97. The number of rotatable bonds is 8. The van der Waals surface area contributed by atoms with E-state index in [9.17, 15) is 0 Å². The van der Waals surface area contributed by atoms with Crippen molar-refractivity contribution in [2.45, 2.75) is 44.6 Å². The van der Waals surface area contributed by atoms with Crippen LogP contribution in [0.3, 0.4) is 0 Å². The number of benzene rings is 2. The van der Waals surface area contributed by atoms with E-state index in [2.05, 4.69) is 85.8 Å². The predicted molar refractivity (Wildman–Crippen MR) is 117 cm³/mol. The zero-order valence-electron chi connectivity index (χ0n) is 15.8. The third kappa shape index (κ3) is 5.66. The fourth-order valence-electron chi connectivity index (χ4n) is 3.37. The normalized spacial score (nSPS) is 19.6. The van der Waals surface area contributed by atoms with Gasteiger partial charge in [0, 0.05) is 5.54 Å². The minimum Gasteiger partial charge on any atom is -0.322 e. The topological polar surface area (TPSA) is 26.0 Å². The summed E-state index contributed by atoms with van der Waals surface area (Å²) in [5.41, 5.74) is 7.44. The highest BCUT2D eigenvalue weighted by atomic mass is 31.1. The van der Waals surface area contributed by atoms with Crippen LogP contribution in [0.4, 0.5) is 0 Å². The van der Waals surface area contributed by atoms with E-state index >= 15 is 0 Å². The summed E-state index contributed by atoms with van der Waals surface area (Å²) in [5, 5.41) is 2.99. The SMILES string of the molecule is CC1(N)C=CC(CCCCCP(c2ccccc2)c2ccccc2)=CC1. The molecule has 0 spiro atoms. The van der Waals surface area contributed by atoms with Crippen LogP contribution in [0.1, 0.15) is 39.0 Å². The first-order chi connectivity index (χ1) is 12.6. The molecule has 2 heteroatoms. The Kier molecular flexibility index (Phi) is 6.83. The molecule has 0 radical (unpaired) electrons. The molecule has 1 unspecified atom stereocenters. The molecule has 0 aliphatic heterocycles. The van der Waals surface area contributed by atoms with Crippen LogP contribution in [0, 0.1) is 0 Å². The molecule has 0 saturated heterocycles. The van der Waals surface area contributed by atoms with Crippen molar-refractivity contribution in [2.24, 2.45) is 5.73 Å². The van der Waals surface area contributed by atoms with Crippen molar-refractivity contribution in [3.8, 4) is 0 Å². The second kappa shape index (κ2) is 9.31. The van der Waals surface area contributed by atoms with E-state index in [1.54, 1.807) is 0 Å². The van der Waals surface area contributed by atoms with Gasteiger partial charge in [-0.3, -0.25) is 0 Å². The zero-order chi connectivity index (χ0) is 18.2. The van der Waals surface area contributed by atoms with Gasteiger partial charge >= 0.3 is 0 Å². The van der Waals surface area contributed by atoms with Crippen LogP contribution in [-0.4, -0.2) is 11.7 Å². The van der Waals surface area contributed by atoms with Crippen LogP contribution >= 0.6 is 7.92 Å². The summed E-state index contributed by atoms with van der Waals surface area (Å²) in [4.78, 5) is 0. The summed E-state index contributed by atoms with van der Waals surface area (Å²) >= 11 is 0. The fraction of sp³-hybridized carbons (Fsp3) is 0.333. The Morgan fingerprint density at radius 1 is 0.885 bits per heavy atom. The van der Waals surface area contributed by atoms with E-state index < -0.39 is 0 Å². The van der Waals surface area contributed by atoms with Gasteiger partial charge in [0.05, 0.1) is 0 Å². The Morgan fingerprint density at radius 2 is 1.50 bits per heavy atom. The molecular weight excluding hydrogens is 333 g/mol. The van der Waals surface area contributed by atoms with Crippen molar-refractivity contribution in [3.63, 3.8) is 0 Å². The molecule has 1 nitrogen and oxygen atoms in total. The summed E-state index contributed by atoms with van der Waals surface area (Å²) in [5.74, 6) is 0. The van der Waals surface area contributed by atoms with E-state index in [-0.39, 0.29) is 13.5 Å². The first kappa shape index (κ1) is 19.1. The number of hydrogen-bond acceptors (Lipinski definition) is 1. The van der Waals surface area contributed by atoms with Crippen LogP contribution in [-0.2, 0) is 0 Å². The zero-order valence-corrected chi connectivity index (χ0v) is 16.7. The maximum atomic E-state index is 6.13. The van der Waals surface area contributed by atoms with Crippen molar-refractivity contribution in [3.05, 3.63) is 84.5 Å². The van der Waals surface area contributed by atoms with Gasteiger partial charge in [0.15, 0.2) is 0 Å². The standard InChI is InChI=1S/C24H30NP/c1-24(25)18-16-21(17-19-24)11-5-4-10-20-26(22-12-6-2-7-13-22)23-14-8-3-9-15-23/h2-3,6-9,12-18H,4-5,10-11,19-20,25H2,1H3. The largest absolute Gasteiger partial charge is 0.322 e. The number of hydrogen-bond donors (Lipinski definition) is 1. The molecule has 136 valence electrons. The summed E-state index contributed by atoms with van der Waals surface area (Å²) < 4.78 is 0. The lowest BCUT2D eigenvalue weighted by molar-refractivity contribution is 0.582. The predicted octanol–water partition coefficient (Wildman–Crippen LogP) is 5.28. The molecule has 0 amide bonds. The van der Waals surface area contributed by atoms with Crippen LogP contribution < -0.4 is 16.3 Å². The highest BCUT2D eigenvalue weighted by Gasteiger charge is 2.16. The van der Waals surface area contributed by atoms with Crippen LogP contribution in [0.25, 0.3) is 0 Å². The molecule has 0 saturated carbocycles. The molecule has 26 heavy (non-hydrogen) atoms. The van der Waals surface area contributed by atoms with Crippen molar-refractivity contribution in [1.29, 1.82) is 0 Å². The maximum Gasteiger partial charge on any atom is 0.0348 e. The first-order valence-electron chi connectivity index (χ1n) is 9.69. The second-order valence-corrected chi connectivity index (χ2v) is 9.79. The fourth-order valence-corrected chi connectivity index (χ4v) is 5.79. The number of nitrogens with two attached hydrogens (primary N) is 1. The second-order valence-electron chi connectivity index (χ2n) is 7.46. The molecule has 1 aliphatic carbocycles. The number of allylic oxidation sites excluding steroid dienone is 2. The third-order valence-corrected chi connectivity index (χ3v) is 7.57. The summed E-state index contributed by atoms with van der Waals surface area (Å²) in [6, 6.07) is 22.1. The van der Waals surface area contributed by atoms with E-state index in [0.717, 1.165) is 6.42 Å². The molecule has 3 rings (SSSR count). The van der Waals surface area contributed by atoms with Gasteiger partial charge < -0.3 is 5.73 Å². The quantitative estimate of drug-likeness (QED) is 0.501. The van der Waals surface area contributed by atoms with E-state index in [1.165, 1.54) is 48.0 Å². The van der Waals surface area contributed by atoms with Gasteiger partial charge in [-0.25, -0.2) is 0 Å². The van der Waals surface area contributed by atoms with E-state index in [4.69, 9.17) is 5.73 Å².